The second-order valence-electron chi connectivity index (χ2n) is 6.94. The SMILES string of the molecule is CCOC(=O)c1c(NC(=O)CCSc2ccc(Cl)cc2)sc2c1CCCCCC2. The molecule has 4 nitrogen and oxygen atoms in total. The molecule has 1 aromatic carbocycles. The summed E-state index contributed by atoms with van der Waals surface area (Å²) in [5, 5.41) is 4.34. The molecule has 3 rings (SSSR count). The molecular formula is C22H26ClNO3S2. The molecule has 1 N–H and O–H groups in total. The molecule has 7 heteroatoms. The van der Waals surface area contributed by atoms with Gasteiger partial charge in [0, 0.05) is 27.0 Å². The van der Waals surface area contributed by atoms with Crippen molar-refractivity contribution in [3.63, 3.8) is 0 Å². The van der Waals surface area contributed by atoms with Crippen molar-refractivity contribution in [3.05, 3.63) is 45.3 Å². The Morgan fingerprint density at radius 3 is 2.59 bits per heavy atom. The molecule has 0 fully saturated rings. The minimum absolute atomic E-state index is 0.0776. The molecule has 0 atom stereocenters. The highest BCUT2D eigenvalue weighted by Crippen LogP contribution is 2.37. The number of aryl methyl sites for hydroxylation is 1. The number of esters is 1. The zero-order chi connectivity index (χ0) is 20.6. The lowest BCUT2D eigenvalue weighted by Gasteiger charge is -2.11. The molecular weight excluding hydrogens is 426 g/mol. The van der Waals surface area contributed by atoms with Crippen LogP contribution < -0.4 is 5.32 Å². The molecule has 0 aliphatic heterocycles. The summed E-state index contributed by atoms with van der Waals surface area (Å²) in [7, 11) is 0. The first-order valence-corrected chi connectivity index (χ1v) is 12.3. The smallest absolute Gasteiger partial charge is 0.341 e. The van der Waals surface area contributed by atoms with Crippen LogP contribution in [0.3, 0.4) is 0 Å². The van der Waals surface area contributed by atoms with E-state index in [2.05, 4.69) is 5.32 Å². The second-order valence-corrected chi connectivity index (χ2v) is 9.65. The third kappa shape index (κ3) is 6.24. The maximum Gasteiger partial charge on any atom is 0.341 e. The van der Waals surface area contributed by atoms with Crippen LogP contribution in [0.15, 0.2) is 29.2 Å². The summed E-state index contributed by atoms with van der Waals surface area (Å²) in [6.45, 7) is 2.13. The van der Waals surface area contributed by atoms with Gasteiger partial charge < -0.3 is 10.1 Å². The van der Waals surface area contributed by atoms with Gasteiger partial charge in [-0.05, 0) is 62.4 Å². The molecule has 1 amide bonds. The molecule has 1 aliphatic carbocycles. The van der Waals surface area contributed by atoms with Gasteiger partial charge in [0.2, 0.25) is 5.91 Å². The maximum absolute atomic E-state index is 12.6. The lowest BCUT2D eigenvalue weighted by Crippen LogP contribution is -2.15. The number of benzene rings is 1. The number of rotatable bonds is 7. The van der Waals surface area contributed by atoms with E-state index in [1.807, 2.05) is 24.3 Å². The van der Waals surface area contributed by atoms with Crippen LogP contribution in [-0.2, 0) is 22.4 Å². The van der Waals surface area contributed by atoms with E-state index in [4.69, 9.17) is 16.3 Å². The van der Waals surface area contributed by atoms with Gasteiger partial charge in [0.1, 0.15) is 5.00 Å². The molecule has 29 heavy (non-hydrogen) atoms. The van der Waals surface area contributed by atoms with E-state index in [-0.39, 0.29) is 11.9 Å². The van der Waals surface area contributed by atoms with Crippen LogP contribution in [0.4, 0.5) is 5.00 Å². The Bertz CT molecular complexity index is 848. The highest BCUT2D eigenvalue weighted by Gasteiger charge is 2.26. The molecule has 0 unspecified atom stereocenters. The number of halogens is 1. The molecule has 2 aromatic rings. The van der Waals surface area contributed by atoms with Crippen molar-refractivity contribution in [2.45, 2.75) is 56.8 Å². The Morgan fingerprint density at radius 2 is 1.86 bits per heavy atom. The van der Waals surface area contributed by atoms with Crippen molar-refractivity contribution in [2.24, 2.45) is 0 Å². The summed E-state index contributed by atoms with van der Waals surface area (Å²) < 4.78 is 5.30. The fourth-order valence-corrected chi connectivity index (χ4v) is 5.68. The molecule has 1 aliphatic rings. The predicted molar refractivity (Wildman–Crippen MR) is 122 cm³/mol. The van der Waals surface area contributed by atoms with Crippen LogP contribution >= 0.6 is 34.7 Å². The first-order valence-electron chi connectivity index (χ1n) is 10.1. The molecule has 1 aromatic heterocycles. The fraction of sp³-hybridized carbons (Fsp3) is 0.455. The van der Waals surface area contributed by atoms with E-state index in [0.717, 1.165) is 36.1 Å². The monoisotopic (exact) mass is 451 g/mol. The number of nitrogens with one attached hydrogen (secondary N) is 1. The predicted octanol–water partition coefficient (Wildman–Crippen LogP) is 6.36. The fourth-order valence-electron chi connectivity index (χ4n) is 3.41. The number of ether oxygens (including phenoxy) is 1. The van der Waals surface area contributed by atoms with Gasteiger partial charge in [-0.1, -0.05) is 24.4 Å². The van der Waals surface area contributed by atoms with E-state index >= 15 is 0 Å². The number of carbonyl (C=O) groups excluding carboxylic acids is 2. The van der Waals surface area contributed by atoms with Crippen LogP contribution in [0.1, 0.15) is 59.8 Å². The number of fused-ring (bicyclic) bond motifs is 1. The van der Waals surface area contributed by atoms with Crippen LogP contribution in [0.25, 0.3) is 0 Å². The van der Waals surface area contributed by atoms with Crippen molar-refractivity contribution in [2.75, 3.05) is 17.7 Å². The summed E-state index contributed by atoms with van der Waals surface area (Å²) in [5.74, 6) is 0.260. The van der Waals surface area contributed by atoms with Crippen LogP contribution in [-0.4, -0.2) is 24.2 Å². The van der Waals surface area contributed by atoms with Crippen molar-refractivity contribution in [1.29, 1.82) is 0 Å². The molecule has 1 heterocycles. The summed E-state index contributed by atoms with van der Waals surface area (Å²) in [5.41, 5.74) is 1.66. The van der Waals surface area contributed by atoms with Gasteiger partial charge in [-0.25, -0.2) is 4.79 Å². The van der Waals surface area contributed by atoms with Gasteiger partial charge in [-0.3, -0.25) is 4.79 Å². The Labute approximate surface area is 185 Å². The molecule has 0 bridgehead atoms. The Morgan fingerprint density at radius 1 is 1.14 bits per heavy atom. The number of hydrogen-bond donors (Lipinski definition) is 1. The maximum atomic E-state index is 12.6. The van der Waals surface area contributed by atoms with Crippen LogP contribution in [0.2, 0.25) is 5.02 Å². The van der Waals surface area contributed by atoms with Gasteiger partial charge in [0.15, 0.2) is 0 Å². The van der Waals surface area contributed by atoms with E-state index in [1.54, 1.807) is 30.0 Å². The average molecular weight is 452 g/mol. The number of carbonyl (C=O) groups is 2. The Kier molecular flexibility index (Phi) is 8.45. The molecule has 0 saturated heterocycles. The summed E-state index contributed by atoms with van der Waals surface area (Å²) >= 11 is 9.06. The number of thiophene rings is 1. The summed E-state index contributed by atoms with van der Waals surface area (Å²) in [6.07, 6.45) is 6.81. The van der Waals surface area contributed by atoms with Crippen LogP contribution in [0, 0.1) is 0 Å². The number of thioether (sulfide) groups is 1. The number of amides is 1. The van der Waals surface area contributed by atoms with Crippen molar-refractivity contribution < 1.29 is 14.3 Å². The minimum atomic E-state index is -0.323. The number of hydrogen-bond acceptors (Lipinski definition) is 5. The highest BCUT2D eigenvalue weighted by atomic mass is 35.5. The molecule has 0 spiro atoms. The zero-order valence-electron chi connectivity index (χ0n) is 16.6. The van der Waals surface area contributed by atoms with E-state index in [1.165, 1.54) is 17.7 Å². The average Bonchev–Trinajstić information content (AvgIpc) is 2.99. The lowest BCUT2D eigenvalue weighted by molar-refractivity contribution is -0.115. The van der Waals surface area contributed by atoms with Gasteiger partial charge in [-0.2, -0.15) is 0 Å². The molecule has 0 radical (unpaired) electrons. The van der Waals surface area contributed by atoms with E-state index in [0.29, 0.717) is 34.4 Å². The Balaban J connectivity index is 1.67. The first kappa shape index (κ1) is 22.2. The standard InChI is InChI=1S/C22H26ClNO3S2/c1-2-27-22(26)20-17-7-5-3-4-6-8-18(17)29-21(20)24-19(25)13-14-28-16-11-9-15(23)10-12-16/h9-12H,2-8,13-14H2,1H3,(H,24,25). The van der Waals surface area contributed by atoms with Gasteiger partial charge >= 0.3 is 5.97 Å². The second kappa shape index (κ2) is 11.0. The lowest BCUT2D eigenvalue weighted by atomic mass is 9.96. The largest absolute Gasteiger partial charge is 0.462 e. The molecule has 156 valence electrons. The third-order valence-corrected chi connectivity index (χ3v) is 7.29. The van der Waals surface area contributed by atoms with Crippen molar-refractivity contribution in [1.82, 2.24) is 0 Å². The van der Waals surface area contributed by atoms with Gasteiger partial charge in [0.05, 0.1) is 12.2 Å². The topological polar surface area (TPSA) is 55.4 Å². The van der Waals surface area contributed by atoms with Crippen molar-refractivity contribution >= 4 is 51.6 Å². The zero-order valence-corrected chi connectivity index (χ0v) is 19.0. The minimum Gasteiger partial charge on any atom is -0.462 e. The van der Waals surface area contributed by atoms with E-state index < -0.39 is 0 Å². The van der Waals surface area contributed by atoms with Gasteiger partial charge in [-0.15, -0.1) is 23.1 Å². The third-order valence-electron chi connectivity index (χ3n) is 4.82. The first-order chi connectivity index (χ1) is 14.1. The normalized spacial score (nSPS) is 13.9. The molecule has 0 saturated carbocycles. The van der Waals surface area contributed by atoms with Crippen molar-refractivity contribution in [3.8, 4) is 0 Å². The van der Waals surface area contributed by atoms with Gasteiger partial charge in [0.25, 0.3) is 0 Å². The Hall–Kier alpha value is -1.50. The summed E-state index contributed by atoms with van der Waals surface area (Å²) in [6, 6.07) is 7.58. The van der Waals surface area contributed by atoms with E-state index in [9.17, 15) is 9.59 Å². The summed E-state index contributed by atoms with van der Waals surface area (Å²) in [4.78, 5) is 27.5. The number of anilines is 1. The highest BCUT2D eigenvalue weighted by molar-refractivity contribution is 7.99. The van der Waals surface area contributed by atoms with Crippen LogP contribution in [0.5, 0.6) is 0 Å². The quantitative estimate of drug-likeness (QED) is 0.393.